The highest BCUT2D eigenvalue weighted by atomic mass is 35.5. The molecule has 38 heavy (non-hydrogen) atoms. The average molecular weight is 532 g/mol. The summed E-state index contributed by atoms with van der Waals surface area (Å²) in [6, 6.07) is 20.8. The number of nitrogens with zero attached hydrogens (tertiary/aromatic N) is 2. The lowest BCUT2D eigenvalue weighted by molar-refractivity contribution is 0.0635. The largest absolute Gasteiger partial charge is 0.456 e. The second-order valence-corrected chi connectivity index (χ2v) is 9.50. The fourth-order valence-corrected chi connectivity index (χ4v) is 3.50. The van der Waals surface area contributed by atoms with Gasteiger partial charge in [0, 0.05) is 29.8 Å². The molecule has 0 aliphatic carbocycles. The van der Waals surface area contributed by atoms with Crippen molar-refractivity contribution in [2.75, 3.05) is 16.0 Å². The molecule has 2 amide bonds. The van der Waals surface area contributed by atoms with E-state index >= 15 is 0 Å². The minimum absolute atomic E-state index is 0.266. The van der Waals surface area contributed by atoms with E-state index in [4.69, 9.17) is 21.1 Å². The van der Waals surface area contributed by atoms with Crippen LogP contribution in [0.1, 0.15) is 31.1 Å². The smallest absolute Gasteiger partial charge is 0.413 e. The van der Waals surface area contributed by atoms with Gasteiger partial charge in [-0.3, -0.25) is 10.1 Å². The first-order valence-electron chi connectivity index (χ1n) is 11.7. The highest BCUT2D eigenvalue weighted by molar-refractivity contribution is 6.32. The van der Waals surface area contributed by atoms with E-state index in [1.54, 1.807) is 81.6 Å². The van der Waals surface area contributed by atoms with Gasteiger partial charge in [0.2, 0.25) is 0 Å². The Morgan fingerprint density at radius 1 is 0.842 bits per heavy atom. The number of pyridine rings is 2. The van der Waals surface area contributed by atoms with E-state index in [0.717, 1.165) is 0 Å². The molecule has 4 rings (SSSR count). The van der Waals surface area contributed by atoms with Crippen LogP contribution in [0.25, 0.3) is 0 Å². The van der Waals surface area contributed by atoms with Gasteiger partial charge in [-0.15, -0.1) is 0 Å². The summed E-state index contributed by atoms with van der Waals surface area (Å²) in [5.74, 6) is 1.14. The first-order valence-corrected chi connectivity index (χ1v) is 12.1. The maximum Gasteiger partial charge on any atom is 0.413 e. The van der Waals surface area contributed by atoms with Crippen LogP contribution in [0.15, 0.2) is 85.2 Å². The van der Waals surface area contributed by atoms with Crippen LogP contribution in [0, 0.1) is 0 Å². The molecule has 0 aliphatic heterocycles. The van der Waals surface area contributed by atoms with E-state index in [0.29, 0.717) is 39.3 Å². The Morgan fingerprint density at radius 3 is 2.37 bits per heavy atom. The molecular weight excluding hydrogens is 506 g/mol. The Morgan fingerprint density at radius 2 is 1.63 bits per heavy atom. The van der Waals surface area contributed by atoms with Gasteiger partial charge in [-0.05, 0) is 69.3 Å². The summed E-state index contributed by atoms with van der Waals surface area (Å²) in [6.45, 7) is 5.32. The fourth-order valence-electron chi connectivity index (χ4n) is 3.28. The minimum atomic E-state index is -0.636. The highest BCUT2D eigenvalue weighted by Gasteiger charge is 2.17. The number of amides is 2. The Hall–Kier alpha value is -4.63. The second kappa shape index (κ2) is 11.6. The maximum atomic E-state index is 12.8. The lowest BCUT2D eigenvalue weighted by Crippen LogP contribution is -2.27. The highest BCUT2D eigenvalue weighted by Crippen LogP contribution is 2.33. The quantitative estimate of drug-likeness (QED) is 0.230. The van der Waals surface area contributed by atoms with Crippen LogP contribution in [-0.4, -0.2) is 27.6 Å². The Labute approximate surface area is 225 Å². The van der Waals surface area contributed by atoms with Crippen LogP contribution in [0.2, 0.25) is 5.02 Å². The molecule has 2 aromatic heterocycles. The van der Waals surface area contributed by atoms with E-state index in [1.807, 2.05) is 18.2 Å². The molecule has 0 spiro atoms. The number of halogens is 1. The Kier molecular flexibility index (Phi) is 8.08. The number of aromatic nitrogens is 2. The molecule has 10 heteroatoms. The number of hydrogen-bond donors (Lipinski definition) is 3. The van der Waals surface area contributed by atoms with Crippen molar-refractivity contribution >= 4 is 46.6 Å². The van der Waals surface area contributed by atoms with E-state index in [2.05, 4.69) is 25.9 Å². The summed E-state index contributed by atoms with van der Waals surface area (Å²) in [5.41, 5.74) is 1.02. The van der Waals surface area contributed by atoms with Crippen molar-refractivity contribution in [1.82, 2.24) is 9.97 Å². The van der Waals surface area contributed by atoms with Gasteiger partial charge in [0.05, 0.1) is 10.6 Å². The first-order chi connectivity index (χ1) is 18.2. The summed E-state index contributed by atoms with van der Waals surface area (Å²) in [5, 5.41) is 8.88. The summed E-state index contributed by atoms with van der Waals surface area (Å²) < 4.78 is 11.1. The molecule has 0 fully saturated rings. The average Bonchev–Trinajstić information content (AvgIpc) is 2.86. The van der Waals surface area contributed by atoms with Crippen LogP contribution in [0.4, 0.5) is 27.8 Å². The van der Waals surface area contributed by atoms with Gasteiger partial charge in [0.15, 0.2) is 0 Å². The van der Waals surface area contributed by atoms with Gasteiger partial charge < -0.3 is 20.1 Å². The van der Waals surface area contributed by atoms with Crippen LogP contribution < -0.4 is 20.7 Å². The molecule has 0 saturated carbocycles. The van der Waals surface area contributed by atoms with E-state index in [9.17, 15) is 9.59 Å². The minimum Gasteiger partial charge on any atom is -0.456 e. The number of hydrogen-bond acceptors (Lipinski definition) is 7. The van der Waals surface area contributed by atoms with Crippen LogP contribution in [0.3, 0.4) is 0 Å². The van der Waals surface area contributed by atoms with Gasteiger partial charge in [0.1, 0.15) is 28.7 Å². The lowest BCUT2D eigenvalue weighted by Gasteiger charge is -2.19. The molecule has 0 saturated heterocycles. The van der Waals surface area contributed by atoms with Crippen molar-refractivity contribution in [2.45, 2.75) is 26.4 Å². The monoisotopic (exact) mass is 531 g/mol. The molecule has 0 atom stereocenters. The van der Waals surface area contributed by atoms with E-state index < -0.39 is 11.7 Å². The fraction of sp³-hybridized carbons (Fsp3) is 0.143. The predicted molar refractivity (Wildman–Crippen MR) is 148 cm³/mol. The summed E-state index contributed by atoms with van der Waals surface area (Å²) in [7, 11) is 0. The second-order valence-electron chi connectivity index (χ2n) is 9.10. The summed E-state index contributed by atoms with van der Waals surface area (Å²) in [4.78, 5) is 33.3. The van der Waals surface area contributed by atoms with Crippen molar-refractivity contribution in [1.29, 1.82) is 0 Å². The summed E-state index contributed by atoms with van der Waals surface area (Å²) >= 11 is 6.48. The van der Waals surface area contributed by atoms with Crippen LogP contribution >= 0.6 is 11.6 Å². The molecular formula is C28H26ClN5O4. The molecule has 0 aliphatic rings. The maximum absolute atomic E-state index is 12.8. The molecule has 194 valence electrons. The van der Waals surface area contributed by atoms with Gasteiger partial charge >= 0.3 is 6.09 Å². The zero-order chi connectivity index (χ0) is 27.1. The molecule has 0 radical (unpaired) electrons. The lowest BCUT2D eigenvalue weighted by atomic mass is 10.2. The number of para-hydroxylation sites is 1. The molecule has 0 bridgehead atoms. The van der Waals surface area contributed by atoms with E-state index in [1.165, 1.54) is 6.20 Å². The molecule has 0 unspecified atom stereocenters. The zero-order valence-electron chi connectivity index (χ0n) is 21.0. The number of carbonyl (C=O) groups excluding carboxylic acids is 2. The number of ether oxygens (including phenoxy) is 2. The topological polar surface area (TPSA) is 114 Å². The van der Waals surface area contributed by atoms with Gasteiger partial charge in [0.25, 0.3) is 5.91 Å². The molecule has 9 nitrogen and oxygen atoms in total. The van der Waals surface area contributed by atoms with Crippen molar-refractivity contribution in [3.8, 4) is 11.5 Å². The number of rotatable bonds is 7. The number of benzene rings is 2. The number of carbonyl (C=O) groups is 2. The Bertz CT molecular complexity index is 1440. The van der Waals surface area contributed by atoms with Gasteiger partial charge in [-0.2, -0.15) is 0 Å². The number of anilines is 4. The van der Waals surface area contributed by atoms with Crippen molar-refractivity contribution in [2.24, 2.45) is 0 Å². The molecule has 3 N–H and O–H groups in total. The predicted octanol–water partition coefficient (Wildman–Crippen LogP) is 7.27. The third-order valence-corrected chi connectivity index (χ3v) is 5.16. The normalized spacial score (nSPS) is 10.8. The SMILES string of the molecule is CC(C)(C)OC(=O)Nc1cc(Oc2ccc(Nc3ncccc3C(=O)Nc3ccccc3)cc2Cl)ccn1. The third-order valence-electron chi connectivity index (χ3n) is 4.87. The third kappa shape index (κ3) is 7.44. The zero-order valence-corrected chi connectivity index (χ0v) is 21.7. The van der Waals surface area contributed by atoms with Crippen molar-refractivity contribution in [3.05, 3.63) is 95.8 Å². The summed E-state index contributed by atoms with van der Waals surface area (Å²) in [6.07, 6.45) is 2.46. The van der Waals surface area contributed by atoms with Gasteiger partial charge in [-0.1, -0.05) is 29.8 Å². The Balaban J connectivity index is 1.44. The standard InChI is InChI=1S/C28H26ClN5O4/c1-28(2,3)38-27(36)34-24-17-20(13-15-30-24)37-23-12-11-19(16-22(23)29)32-25-21(10-7-14-31-25)26(35)33-18-8-5-4-6-9-18/h4-17H,1-3H3,(H,31,32)(H,33,35)(H,30,34,36). The van der Waals surface area contributed by atoms with Crippen LogP contribution in [-0.2, 0) is 4.74 Å². The van der Waals surface area contributed by atoms with Gasteiger partial charge in [-0.25, -0.2) is 14.8 Å². The molecule has 2 heterocycles. The molecule has 2 aromatic carbocycles. The van der Waals surface area contributed by atoms with Crippen molar-refractivity contribution in [3.63, 3.8) is 0 Å². The molecule has 4 aromatic rings. The number of nitrogens with one attached hydrogen (secondary N) is 3. The van der Waals surface area contributed by atoms with Crippen LogP contribution in [0.5, 0.6) is 11.5 Å². The first kappa shape index (κ1) is 26.4. The van der Waals surface area contributed by atoms with E-state index in [-0.39, 0.29) is 11.7 Å². The van der Waals surface area contributed by atoms with Crippen molar-refractivity contribution < 1.29 is 19.1 Å².